The monoisotopic (exact) mass is 480 g/mol. The SMILES string of the molecule is Cc1ccc(-c2nc(CN3CCC(C(=O)NCCCN4CCC(C(C)C)CC4)CC3)co2)cc1C. The lowest BCUT2D eigenvalue weighted by Crippen LogP contribution is -2.41. The van der Waals surface area contributed by atoms with Crippen LogP contribution >= 0.6 is 0 Å². The predicted molar refractivity (Wildman–Crippen MR) is 141 cm³/mol. The molecule has 1 aromatic carbocycles. The van der Waals surface area contributed by atoms with Gasteiger partial charge in [0.1, 0.15) is 6.26 Å². The molecule has 4 rings (SSSR count). The number of aromatic nitrogens is 1. The van der Waals surface area contributed by atoms with Gasteiger partial charge in [0.25, 0.3) is 0 Å². The zero-order valence-electron chi connectivity index (χ0n) is 22.2. The van der Waals surface area contributed by atoms with E-state index in [4.69, 9.17) is 9.40 Å². The summed E-state index contributed by atoms with van der Waals surface area (Å²) < 4.78 is 5.76. The summed E-state index contributed by atoms with van der Waals surface area (Å²) in [5.74, 6) is 2.75. The number of hydrogen-bond acceptors (Lipinski definition) is 5. The Bertz CT molecular complexity index is 953. The highest BCUT2D eigenvalue weighted by atomic mass is 16.3. The lowest BCUT2D eigenvalue weighted by atomic mass is 9.87. The molecule has 35 heavy (non-hydrogen) atoms. The molecule has 3 heterocycles. The normalized spacial score (nSPS) is 18.9. The molecule has 0 unspecified atom stereocenters. The highest BCUT2D eigenvalue weighted by Gasteiger charge is 2.26. The molecule has 0 bridgehead atoms. The molecule has 2 aliphatic rings. The van der Waals surface area contributed by atoms with E-state index in [0.29, 0.717) is 5.89 Å². The summed E-state index contributed by atoms with van der Waals surface area (Å²) in [4.78, 5) is 22.3. The largest absolute Gasteiger partial charge is 0.444 e. The molecule has 6 heteroatoms. The zero-order valence-corrected chi connectivity index (χ0v) is 22.2. The quantitative estimate of drug-likeness (QED) is 0.509. The Balaban J connectivity index is 1.13. The maximum atomic E-state index is 12.7. The van der Waals surface area contributed by atoms with Gasteiger partial charge in [-0.25, -0.2) is 4.98 Å². The molecule has 0 aliphatic carbocycles. The Labute approximate surface area is 211 Å². The Kier molecular flexibility index (Phi) is 9.01. The molecule has 6 nitrogen and oxygen atoms in total. The van der Waals surface area contributed by atoms with Crippen molar-refractivity contribution in [3.63, 3.8) is 0 Å². The van der Waals surface area contributed by atoms with Crippen molar-refractivity contribution in [2.75, 3.05) is 39.3 Å². The van der Waals surface area contributed by atoms with E-state index in [1.54, 1.807) is 6.26 Å². The van der Waals surface area contributed by atoms with E-state index < -0.39 is 0 Å². The fourth-order valence-electron chi connectivity index (χ4n) is 5.47. The third kappa shape index (κ3) is 7.17. The first-order chi connectivity index (χ1) is 16.9. The second-order valence-electron chi connectivity index (χ2n) is 11.1. The van der Waals surface area contributed by atoms with Crippen molar-refractivity contribution in [1.29, 1.82) is 0 Å². The Hall–Kier alpha value is -2.18. The molecule has 1 N–H and O–H groups in total. The highest BCUT2D eigenvalue weighted by Crippen LogP contribution is 2.25. The summed E-state index contributed by atoms with van der Waals surface area (Å²) in [7, 11) is 0. The van der Waals surface area contributed by atoms with Gasteiger partial charge < -0.3 is 14.6 Å². The summed E-state index contributed by atoms with van der Waals surface area (Å²) >= 11 is 0. The van der Waals surface area contributed by atoms with Crippen LogP contribution in [-0.4, -0.2) is 60.0 Å². The molecule has 0 saturated carbocycles. The van der Waals surface area contributed by atoms with Gasteiger partial charge in [-0.05, 0) is 114 Å². The number of piperidine rings is 2. The van der Waals surface area contributed by atoms with Crippen LogP contribution in [0.5, 0.6) is 0 Å². The van der Waals surface area contributed by atoms with E-state index in [1.807, 2.05) is 0 Å². The summed E-state index contributed by atoms with van der Waals surface area (Å²) in [5.41, 5.74) is 4.50. The second kappa shape index (κ2) is 12.2. The van der Waals surface area contributed by atoms with Crippen molar-refractivity contribution in [3.05, 3.63) is 41.3 Å². The van der Waals surface area contributed by atoms with Crippen molar-refractivity contribution in [3.8, 4) is 11.5 Å². The average Bonchev–Trinajstić information content (AvgIpc) is 3.32. The Morgan fingerprint density at radius 1 is 1.06 bits per heavy atom. The van der Waals surface area contributed by atoms with Gasteiger partial charge in [0.2, 0.25) is 11.8 Å². The van der Waals surface area contributed by atoms with Crippen molar-refractivity contribution < 1.29 is 9.21 Å². The van der Waals surface area contributed by atoms with Crippen LogP contribution < -0.4 is 5.32 Å². The van der Waals surface area contributed by atoms with Crippen LogP contribution in [-0.2, 0) is 11.3 Å². The van der Waals surface area contributed by atoms with Crippen LogP contribution in [0.15, 0.2) is 28.9 Å². The maximum absolute atomic E-state index is 12.7. The van der Waals surface area contributed by atoms with Gasteiger partial charge in [0.15, 0.2) is 0 Å². The number of nitrogens with zero attached hydrogens (tertiary/aromatic N) is 3. The minimum absolute atomic E-state index is 0.136. The van der Waals surface area contributed by atoms with Crippen LogP contribution in [0.4, 0.5) is 0 Å². The molecule has 2 saturated heterocycles. The summed E-state index contributed by atoms with van der Waals surface area (Å²) in [5, 5.41) is 3.20. The third-order valence-electron chi connectivity index (χ3n) is 8.17. The predicted octanol–water partition coefficient (Wildman–Crippen LogP) is 5.04. The number of carbonyl (C=O) groups excluding carboxylic acids is 1. The summed E-state index contributed by atoms with van der Waals surface area (Å²) in [6, 6.07) is 6.31. The number of likely N-dealkylation sites (tertiary alicyclic amines) is 2. The fraction of sp³-hybridized carbons (Fsp3) is 0.655. The van der Waals surface area contributed by atoms with E-state index in [-0.39, 0.29) is 11.8 Å². The molecule has 1 aromatic heterocycles. The molecule has 2 aromatic rings. The van der Waals surface area contributed by atoms with E-state index in [2.05, 4.69) is 61.0 Å². The standard InChI is InChI=1S/C29H44N4O2/c1-21(2)24-8-14-32(15-9-24)13-5-12-30-28(34)25-10-16-33(17-11-25)19-27-20-35-29(31-27)26-7-6-22(3)23(4)18-26/h6-7,18,20-21,24-25H,5,8-17,19H2,1-4H3,(H,30,34). The zero-order chi connectivity index (χ0) is 24.8. The number of nitrogens with one attached hydrogen (secondary N) is 1. The minimum atomic E-state index is 0.136. The first-order valence-electron chi connectivity index (χ1n) is 13.6. The lowest BCUT2D eigenvalue weighted by molar-refractivity contribution is -0.126. The highest BCUT2D eigenvalue weighted by molar-refractivity contribution is 5.78. The van der Waals surface area contributed by atoms with Crippen molar-refractivity contribution in [2.24, 2.45) is 17.8 Å². The van der Waals surface area contributed by atoms with Gasteiger partial charge in [-0.2, -0.15) is 0 Å². The van der Waals surface area contributed by atoms with Crippen molar-refractivity contribution in [2.45, 2.75) is 66.3 Å². The van der Waals surface area contributed by atoms with E-state index in [0.717, 1.165) is 75.1 Å². The van der Waals surface area contributed by atoms with Crippen LogP contribution in [0.25, 0.3) is 11.5 Å². The Morgan fingerprint density at radius 2 is 1.77 bits per heavy atom. The molecule has 0 radical (unpaired) electrons. The first-order valence-corrected chi connectivity index (χ1v) is 13.6. The van der Waals surface area contributed by atoms with Crippen molar-refractivity contribution in [1.82, 2.24) is 20.1 Å². The summed E-state index contributed by atoms with van der Waals surface area (Å²) in [6.07, 6.45) is 7.29. The fourth-order valence-corrected chi connectivity index (χ4v) is 5.47. The van der Waals surface area contributed by atoms with Crippen LogP contribution in [0.1, 0.15) is 62.8 Å². The second-order valence-corrected chi connectivity index (χ2v) is 11.1. The molecular formula is C29H44N4O2. The molecule has 2 aliphatic heterocycles. The number of rotatable bonds is 9. The molecular weight excluding hydrogens is 436 g/mol. The van der Waals surface area contributed by atoms with Gasteiger partial charge in [0, 0.05) is 24.6 Å². The van der Waals surface area contributed by atoms with Crippen LogP contribution in [0.2, 0.25) is 0 Å². The van der Waals surface area contributed by atoms with Crippen LogP contribution in [0.3, 0.4) is 0 Å². The average molecular weight is 481 g/mol. The first kappa shape index (κ1) is 25.9. The van der Waals surface area contributed by atoms with Gasteiger partial charge >= 0.3 is 0 Å². The number of aryl methyl sites for hydroxylation is 2. The van der Waals surface area contributed by atoms with Gasteiger partial charge in [-0.1, -0.05) is 19.9 Å². The molecule has 192 valence electrons. The van der Waals surface area contributed by atoms with Crippen LogP contribution in [0, 0.1) is 31.6 Å². The number of carbonyl (C=O) groups is 1. The molecule has 0 atom stereocenters. The van der Waals surface area contributed by atoms with Gasteiger partial charge in [0.05, 0.1) is 5.69 Å². The number of oxazole rings is 1. The van der Waals surface area contributed by atoms with Gasteiger partial charge in [-0.3, -0.25) is 9.69 Å². The van der Waals surface area contributed by atoms with E-state index in [1.165, 1.54) is 37.1 Å². The van der Waals surface area contributed by atoms with Gasteiger partial charge in [-0.15, -0.1) is 0 Å². The molecule has 0 spiro atoms. The molecule has 2 fully saturated rings. The van der Waals surface area contributed by atoms with Crippen molar-refractivity contribution >= 4 is 5.91 Å². The number of hydrogen-bond donors (Lipinski definition) is 1. The number of amides is 1. The molecule has 1 amide bonds. The number of benzene rings is 1. The Morgan fingerprint density at radius 3 is 2.46 bits per heavy atom. The maximum Gasteiger partial charge on any atom is 0.226 e. The third-order valence-corrected chi connectivity index (χ3v) is 8.17. The van der Waals surface area contributed by atoms with E-state index >= 15 is 0 Å². The van der Waals surface area contributed by atoms with E-state index in [9.17, 15) is 4.79 Å². The topological polar surface area (TPSA) is 61.6 Å². The minimum Gasteiger partial charge on any atom is -0.444 e. The summed E-state index contributed by atoms with van der Waals surface area (Å²) in [6.45, 7) is 15.9. The smallest absolute Gasteiger partial charge is 0.226 e. The lowest BCUT2D eigenvalue weighted by Gasteiger charge is -2.34.